The fraction of sp³-hybridized carbons (Fsp3) is 0.286. The number of carbonyl (C=O) groups is 3. The Bertz CT molecular complexity index is 309. The van der Waals surface area contributed by atoms with Crippen molar-refractivity contribution in [3.05, 3.63) is 11.1 Å². The molecular formula is C7H6ClNO4. The Hall–Kier alpha value is -1.36. The number of amides is 2. The molecule has 5 nitrogen and oxygen atoms in total. The molecule has 0 fully saturated rings. The third-order valence-corrected chi connectivity index (χ3v) is 1.81. The summed E-state index contributed by atoms with van der Waals surface area (Å²) in [6.45, 7) is 2.94. The minimum Gasteiger partial charge on any atom is -0.314 e. The van der Waals surface area contributed by atoms with Crippen LogP contribution in [-0.4, -0.2) is 22.3 Å². The highest BCUT2D eigenvalue weighted by molar-refractivity contribution is 6.61. The van der Waals surface area contributed by atoms with Gasteiger partial charge in [0.2, 0.25) is 0 Å². The summed E-state index contributed by atoms with van der Waals surface area (Å²) in [4.78, 5) is 36.8. The number of rotatable bonds is 1. The van der Waals surface area contributed by atoms with E-state index in [0.717, 1.165) is 0 Å². The van der Waals surface area contributed by atoms with Gasteiger partial charge in [0.15, 0.2) is 0 Å². The Balaban J connectivity index is 2.91. The topological polar surface area (TPSA) is 63.7 Å². The molecule has 13 heavy (non-hydrogen) atoms. The summed E-state index contributed by atoms with van der Waals surface area (Å²) >= 11 is 4.86. The largest absolute Gasteiger partial charge is 0.428 e. The van der Waals surface area contributed by atoms with Gasteiger partial charge in [-0.05, 0) is 13.8 Å². The van der Waals surface area contributed by atoms with Crippen molar-refractivity contribution in [2.24, 2.45) is 0 Å². The van der Waals surface area contributed by atoms with Gasteiger partial charge in [0.1, 0.15) is 0 Å². The van der Waals surface area contributed by atoms with Crippen LogP contribution >= 0.6 is 11.6 Å². The van der Waals surface area contributed by atoms with E-state index in [0.29, 0.717) is 5.06 Å². The number of hydrogen-bond acceptors (Lipinski definition) is 4. The lowest BCUT2D eigenvalue weighted by Gasteiger charge is -2.10. The molecule has 1 rings (SSSR count). The van der Waals surface area contributed by atoms with Gasteiger partial charge in [0, 0.05) is 22.7 Å². The van der Waals surface area contributed by atoms with Crippen LogP contribution in [0.5, 0.6) is 0 Å². The molecule has 0 saturated heterocycles. The van der Waals surface area contributed by atoms with Crippen LogP contribution < -0.4 is 0 Å². The van der Waals surface area contributed by atoms with Crippen LogP contribution in [0.25, 0.3) is 0 Å². The maximum atomic E-state index is 11.2. The van der Waals surface area contributed by atoms with Crippen molar-refractivity contribution in [2.45, 2.75) is 13.8 Å². The second-order valence-electron chi connectivity index (χ2n) is 2.48. The molecule has 0 radical (unpaired) electrons. The zero-order valence-electron chi connectivity index (χ0n) is 6.96. The van der Waals surface area contributed by atoms with E-state index in [9.17, 15) is 14.4 Å². The molecule has 0 atom stereocenters. The van der Waals surface area contributed by atoms with Crippen molar-refractivity contribution in [3.8, 4) is 0 Å². The Kier molecular flexibility index (Phi) is 2.38. The van der Waals surface area contributed by atoms with E-state index in [-0.39, 0.29) is 11.1 Å². The molecule has 0 saturated carbocycles. The standard InChI is InChI=1S/C7H6ClNO4/c1-3-4(2)6(11)9(5(3)10)13-7(8)12/h1-2H3. The fourth-order valence-electron chi connectivity index (χ4n) is 0.872. The van der Waals surface area contributed by atoms with Crippen molar-refractivity contribution >= 4 is 28.8 Å². The van der Waals surface area contributed by atoms with Crippen molar-refractivity contribution in [2.75, 3.05) is 0 Å². The van der Waals surface area contributed by atoms with E-state index < -0.39 is 17.2 Å². The van der Waals surface area contributed by atoms with Gasteiger partial charge in [-0.1, -0.05) is 5.06 Å². The molecule has 0 aromatic carbocycles. The van der Waals surface area contributed by atoms with Gasteiger partial charge >= 0.3 is 5.43 Å². The molecule has 1 aliphatic rings. The van der Waals surface area contributed by atoms with E-state index in [1.165, 1.54) is 13.8 Å². The minimum absolute atomic E-state index is 0.253. The van der Waals surface area contributed by atoms with Crippen LogP contribution in [0.2, 0.25) is 0 Å². The fourth-order valence-corrected chi connectivity index (χ4v) is 0.941. The summed E-state index contributed by atoms with van der Waals surface area (Å²) < 4.78 is 0. The Labute approximate surface area is 78.8 Å². The van der Waals surface area contributed by atoms with Gasteiger partial charge in [-0.2, -0.15) is 0 Å². The predicted octanol–water partition coefficient (Wildman–Crippen LogP) is 0.982. The highest BCUT2D eigenvalue weighted by atomic mass is 35.5. The quantitative estimate of drug-likeness (QED) is 0.471. The van der Waals surface area contributed by atoms with Gasteiger partial charge in [0.05, 0.1) is 0 Å². The number of carbonyl (C=O) groups excluding carboxylic acids is 3. The molecule has 1 heterocycles. The van der Waals surface area contributed by atoms with Crippen LogP contribution in [0.4, 0.5) is 4.79 Å². The monoisotopic (exact) mass is 203 g/mol. The zero-order chi connectivity index (χ0) is 10.2. The number of imide groups is 1. The van der Waals surface area contributed by atoms with Crippen LogP contribution in [0.1, 0.15) is 13.8 Å². The van der Waals surface area contributed by atoms with Crippen molar-refractivity contribution in [1.29, 1.82) is 0 Å². The molecule has 0 spiro atoms. The molecule has 0 aromatic rings. The summed E-state index contributed by atoms with van der Waals surface area (Å²) in [6, 6.07) is 0. The first-order valence-corrected chi connectivity index (χ1v) is 3.76. The lowest BCUT2D eigenvalue weighted by molar-refractivity contribution is -0.168. The highest BCUT2D eigenvalue weighted by Crippen LogP contribution is 2.20. The Morgan fingerprint density at radius 2 is 1.62 bits per heavy atom. The second kappa shape index (κ2) is 3.18. The molecule has 1 aliphatic heterocycles. The first kappa shape index (κ1) is 9.73. The molecule has 2 amide bonds. The lowest BCUT2D eigenvalue weighted by Crippen LogP contribution is -2.32. The van der Waals surface area contributed by atoms with Crippen molar-refractivity contribution < 1.29 is 19.2 Å². The van der Waals surface area contributed by atoms with Crippen molar-refractivity contribution in [3.63, 3.8) is 0 Å². The summed E-state index contributed by atoms with van der Waals surface area (Å²) in [6.07, 6.45) is 0. The number of halogens is 1. The molecule has 0 bridgehead atoms. The first-order valence-electron chi connectivity index (χ1n) is 3.39. The van der Waals surface area contributed by atoms with Crippen LogP contribution in [0, 0.1) is 0 Å². The maximum absolute atomic E-state index is 11.2. The molecule has 0 aliphatic carbocycles. The normalized spacial score (nSPS) is 17.0. The number of hydroxylamine groups is 2. The summed E-state index contributed by atoms with van der Waals surface area (Å²) in [7, 11) is 0. The molecular weight excluding hydrogens is 198 g/mol. The van der Waals surface area contributed by atoms with Crippen LogP contribution in [-0.2, 0) is 14.4 Å². The van der Waals surface area contributed by atoms with E-state index in [1.807, 2.05) is 0 Å². The SMILES string of the molecule is CC1=C(C)C(=O)N(OC(=O)Cl)C1=O. The average Bonchev–Trinajstić information content (AvgIpc) is 2.22. The van der Waals surface area contributed by atoms with Crippen LogP contribution in [0.15, 0.2) is 11.1 Å². The van der Waals surface area contributed by atoms with Gasteiger partial charge < -0.3 is 4.84 Å². The number of hydrogen-bond donors (Lipinski definition) is 0. The lowest BCUT2D eigenvalue weighted by atomic mass is 10.2. The van der Waals surface area contributed by atoms with Gasteiger partial charge in [-0.15, -0.1) is 0 Å². The Morgan fingerprint density at radius 3 is 1.92 bits per heavy atom. The van der Waals surface area contributed by atoms with Crippen molar-refractivity contribution in [1.82, 2.24) is 5.06 Å². The van der Waals surface area contributed by atoms with Gasteiger partial charge in [0.25, 0.3) is 11.8 Å². The second-order valence-corrected chi connectivity index (χ2v) is 2.79. The summed E-state index contributed by atoms with van der Waals surface area (Å²) in [5.74, 6) is -1.31. The summed E-state index contributed by atoms with van der Waals surface area (Å²) in [5, 5.41) is 0.347. The van der Waals surface area contributed by atoms with E-state index in [2.05, 4.69) is 4.84 Å². The molecule has 0 aromatic heterocycles. The molecule has 0 unspecified atom stereocenters. The first-order chi connectivity index (χ1) is 5.95. The van der Waals surface area contributed by atoms with Gasteiger partial charge in [-0.3, -0.25) is 9.59 Å². The highest BCUT2D eigenvalue weighted by Gasteiger charge is 2.36. The Morgan fingerprint density at radius 1 is 1.23 bits per heavy atom. The van der Waals surface area contributed by atoms with Crippen LogP contribution in [0.3, 0.4) is 0 Å². The third kappa shape index (κ3) is 1.55. The third-order valence-electron chi connectivity index (χ3n) is 1.74. The van der Waals surface area contributed by atoms with E-state index in [1.54, 1.807) is 0 Å². The predicted molar refractivity (Wildman–Crippen MR) is 42.6 cm³/mol. The van der Waals surface area contributed by atoms with E-state index in [4.69, 9.17) is 11.6 Å². The van der Waals surface area contributed by atoms with E-state index >= 15 is 0 Å². The number of nitrogens with zero attached hydrogens (tertiary/aromatic N) is 1. The minimum atomic E-state index is -1.22. The average molecular weight is 204 g/mol. The zero-order valence-corrected chi connectivity index (χ0v) is 7.71. The van der Waals surface area contributed by atoms with Gasteiger partial charge in [-0.25, -0.2) is 4.79 Å². The molecule has 0 N–H and O–H groups in total. The molecule has 6 heteroatoms. The summed E-state index contributed by atoms with van der Waals surface area (Å²) in [5.41, 5.74) is -0.713. The smallest absolute Gasteiger partial charge is 0.314 e. The molecule has 70 valence electrons. The maximum Gasteiger partial charge on any atom is 0.428 e.